The van der Waals surface area contributed by atoms with Crippen molar-refractivity contribution in [2.24, 2.45) is 5.92 Å². The third-order valence-electron chi connectivity index (χ3n) is 5.17. The number of methoxy groups -OCH3 is 1. The lowest BCUT2D eigenvalue weighted by Gasteiger charge is -2.43. The highest BCUT2D eigenvalue weighted by Gasteiger charge is 2.40. The Labute approximate surface area is 148 Å². The Morgan fingerprint density at radius 3 is 3.00 bits per heavy atom. The number of carbonyl (C=O) groups is 1. The number of para-hydroxylation sites is 1. The largest absolute Gasteiger partial charge is 0.464 e. The number of carbonyl (C=O) groups excluding carboxylic acids is 1. The molecule has 0 radical (unpaired) electrons. The molecule has 5 heteroatoms. The van der Waals surface area contributed by atoms with Gasteiger partial charge in [0, 0.05) is 43.9 Å². The summed E-state index contributed by atoms with van der Waals surface area (Å²) in [7, 11) is 1.64. The highest BCUT2D eigenvalue weighted by Crippen LogP contribution is 2.32. The minimum atomic E-state index is -0.768. The van der Waals surface area contributed by atoms with Crippen LogP contribution < -0.4 is 4.74 Å². The Morgan fingerprint density at radius 1 is 1.44 bits per heavy atom. The van der Waals surface area contributed by atoms with Crippen LogP contribution in [0.1, 0.15) is 25.3 Å². The molecule has 1 N–H and O–H groups in total. The molecule has 1 fully saturated rings. The molecule has 1 aromatic carbocycles. The van der Waals surface area contributed by atoms with Gasteiger partial charge in [-0.15, -0.1) is 0 Å². The molecular weight excluding hydrogens is 318 g/mol. The maximum Gasteiger partial charge on any atom is 0.254 e. The highest BCUT2D eigenvalue weighted by molar-refractivity contribution is 6.01. The average molecular weight is 343 g/mol. The summed E-state index contributed by atoms with van der Waals surface area (Å²) < 4.78 is 10.7. The van der Waals surface area contributed by atoms with E-state index in [0.717, 1.165) is 11.3 Å². The lowest BCUT2D eigenvalue weighted by Crippen LogP contribution is -2.53. The van der Waals surface area contributed by atoms with Gasteiger partial charge in [0.25, 0.3) is 5.91 Å². The van der Waals surface area contributed by atoms with Gasteiger partial charge in [0.2, 0.25) is 0 Å². The van der Waals surface area contributed by atoms with Crippen molar-refractivity contribution < 1.29 is 19.4 Å². The number of likely N-dealkylation sites (tertiary alicyclic amines) is 1. The summed E-state index contributed by atoms with van der Waals surface area (Å²) in [6.45, 7) is 3.59. The number of amides is 1. The van der Waals surface area contributed by atoms with Gasteiger partial charge in [-0.05, 0) is 31.1 Å². The second-order valence-corrected chi connectivity index (χ2v) is 6.81. The van der Waals surface area contributed by atoms with E-state index in [1.165, 1.54) is 0 Å². The molecule has 2 heterocycles. The molecule has 5 nitrogen and oxygen atoms in total. The van der Waals surface area contributed by atoms with Gasteiger partial charge in [-0.25, -0.2) is 0 Å². The molecule has 1 saturated heterocycles. The zero-order valence-electron chi connectivity index (χ0n) is 14.8. The van der Waals surface area contributed by atoms with E-state index < -0.39 is 5.60 Å². The van der Waals surface area contributed by atoms with Gasteiger partial charge >= 0.3 is 0 Å². The standard InChI is InChI=1S/C20H25NO4/c1-15-14-21(10-8-20(15,23)9-12-24-2)19(22)17-7-11-25-18-6-4-3-5-16(18)13-17/h3-7,11,13,15,23H,8-10,12,14H2,1-2H3/t15-,20-/m1/s1. The normalized spacial score (nSPS) is 25.6. The van der Waals surface area contributed by atoms with Gasteiger partial charge in [0.1, 0.15) is 5.75 Å². The van der Waals surface area contributed by atoms with Gasteiger partial charge in [-0.1, -0.05) is 25.1 Å². The molecule has 0 aromatic heterocycles. The van der Waals surface area contributed by atoms with E-state index in [1.807, 2.05) is 42.2 Å². The summed E-state index contributed by atoms with van der Waals surface area (Å²) in [5, 5.41) is 10.8. The zero-order chi connectivity index (χ0) is 17.9. The summed E-state index contributed by atoms with van der Waals surface area (Å²) in [6.07, 6.45) is 6.28. The maximum absolute atomic E-state index is 12.9. The van der Waals surface area contributed by atoms with Gasteiger partial charge in [0.15, 0.2) is 0 Å². The second kappa shape index (κ2) is 7.42. The number of fused-ring (bicyclic) bond motifs is 1. The first kappa shape index (κ1) is 17.7. The lowest BCUT2D eigenvalue weighted by molar-refractivity contribution is -0.136. The number of hydrogen-bond acceptors (Lipinski definition) is 4. The Bertz CT molecular complexity index is 697. The average Bonchev–Trinajstić information content (AvgIpc) is 2.84. The molecule has 0 saturated carbocycles. The highest BCUT2D eigenvalue weighted by atomic mass is 16.5. The van der Waals surface area contributed by atoms with Crippen LogP contribution in [0.4, 0.5) is 0 Å². The molecule has 25 heavy (non-hydrogen) atoms. The third kappa shape index (κ3) is 3.78. The molecular formula is C20H25NO4. The van der Waals surface area contributed by atoms with Crippen molar-refractivity contribution in [3.63, 3.8) is 0 Å². The van der Waals surface area contributed by atoms with Crippen LogP contribution in [-0.4, -0.2) is 48.3 Å². The SMILES string of the molecule is COCC[C@]1(O)CCN(C(=O)C2=Cc3ccccc3OC=C2)C[C@H]1C. The topological polar surface area (TPSA) is 59.0 Å². The van der Waals surface area contributed by atoms with Gasteiger partial charge in [0.05, 0.1) is 11.9 Å². The second-order valence-electron chi connectivity index (χ2n) is 6.81. The molecule has 0 unspecified atom stereocenters. The van der Waals surface area contributed by atoms with E-state index >= 15 is 0 Å². The summed E-state index contributed by atoms with van der Waals surface area (Å²) in [5.74, 6) is 0.707. The summed E-state index contributed by atoms with van der Waals surface area (Å²) in [6, 6.07) is 7.63. The number of rotatable bonds is 4. The maximum atomic E-state index is 12.9. The van der Waals surface area contributed by atoms with E-state index in [2.05, 4.69) is 0 Å². The number of piperidine rings is 1. The zero-order valence-corrected chi connectivity index (χ0v) is 14.8. The van der Waals surface area contributed by atoms with Crippen LogP contribution in [0.15, 0.2) is 42.2 Å². The molecule has 2 aliphatic rings. The van der Waals surface area contributed by atoms with Gasteiger partial charge in [-0.3, -0.25) is 4.79 Å². The number of benzene rings is 1. The first-order valence-electron chi connectivity index (χ1n) is 8.68. The van der Waals surface area contributed by atoms with Crippen molar-refractivity contribution in [3.8, 4) is 5.75 Å². The first-order valence-corrected chi connectivity index (χ1v) is 8.68. The van der Waals surface area contributed by atoms with Crippen LogP contribution in [-0.2, 0) is 9.53 Å². The van der Waals surface area contributed by atoms with E-state index in [9.17, 15) is 9.90 Å². The number of nitrogens with zero attached hydrogens (tertiary/aromatic N) is 1. The number of ether oxygens (including phenoxy) is 2. The fraction of sp³-hybridized carbons (Fsp3) is 0.450. The molecule has 2 aliphatic heterocycles. The van der Waals surface area contributed by atoms with Crippen LogP contribution in [0.5, 0.6) is 5.75 Å². The predicted molar refractivity (Wildman–Crippen MR) is 96.0 cm³/mol. The Balaban J connectivity index is 1.73. The molecule has 3 rings (SSSR count). The first-order chi connectivity index (χ1) is 12.0. The van der Waals surface area contributed by atoms with E-state index in [4.69, 9.17) is 9.47 Å². The molecule has 1 amide bonds. The molecule has 2 atom stereocenters. The molecule has 1 aromatic rings. The minimum absolute atomic E-state index is 0.000700. The summed E-state index contributed by atoms with van der Waals surface area (Å²) >= 11 is 0. The minimum Gasteiger partial charge on any atom is -0.464 e. The molecule has 134 valence electrons. The van der Waals surface area contributed by atoms with Crippen molar-refractivity contribution in [2.75, 3.05) is 26.8 Å². The quantitative estimate of drug-likeness (QED) is 0.913. The van der Waals surface area contributed by atoms with Crippen LogP contribution in [0.25, 0.3) is 6.08 Å². The number of aliphatic hydroxyl groups is 1. The van der Waals surface area contributed by atoms with Crippen molar-refractivity contribution in [1.29, 1.82) is 0 Å². The Morgan fingerprint density at radius 2 is 2.24 bits per heavy atom. The smallest absolute Gasteiger partial charge is 0.254 e. The van der Waals surface area contributed by atoms with Crippen molar-refractivity contribution in [2.45, 2.75) is 25.4 Å². The van der Waals surface area contributed by atoms with Crippen LogP contribution in [0.3, 0.4) is 0 Å². The lowest BCUT2D eigenvalue weighted by atomic mass is 9.79. The van der Waals surface area contributed by atoms with E-state index in [1.54, 1.807) is 19.4 Å². The summed E-state index contributed by atoms with van der Waals surface area (Å²) in [5.41, 5.74) is 0.716. The monoisotopic (exact) mass is 343 g/mol. The summed E-state index contributed by atoms with van der Waals surface area (Å²) in [4.78, 5) is 14.7. The van der Waals surface area contributed by atoms with Crippen molar-refractivity contribution in [1.82, 2.24) is 4.90 Å². The number of hydrogen-bond donors (Lipinski definition) is 1. The predicted octanol–water partition coefficient (Wildman–Crippen LogP) is 2.61. The van der Waals surface area contributed by atoms with E-state index in [0.29, 0.717) is 38.1 Å². The molecule has 0 bridgehead atoms. The third-order valence-corrected chi connectivity index (χ3v) is 5.17. The fourth-order valence-electron chi connectivity index (χ4n) is 3.42. The Hall–Kier alpha value is -2.11. The van der Waals surface area contributed by atoms with Crippen molar-refractivity contribution in [3.05, 3.63) is 47.7 Å². The molecule has 0 spiro atoms. The van der Waals surface area contributed by atoms with Crippen LogP contribution in [0.2, 0.25) is 0 Å². The van der Waals surface area contributed by atoms with Crippen molar-refractivity contribution >= 4 is 12.0 Å². The Kier molecular flexibility index (Phi) is 5.25. The van der Waals surface area contributed by atoms with Crippen LogP contribution >= 0.6 is 0 Å². The van der Waals surface area contributed by atoms with Gasteiger partial charge < -0.3 is 19.5 Å². The van der Waals surface area contributed by atoms with E-state index in [-0.39, 0.29) is 11.8 Å². The fourth-order valence-corrected chi connectivity index (χ4v) is 3.42. The van der Waals surface area contributed by atoms with Gasteiger partial charge in [-0.2, -0.15) is 0 Å². The van der Waals surface area contributed by atoms with Crippen LogP contribution in [0, 0.1) is 5.92 Å². The molecule has 0 aliphatic carbocycles.